The van der Waals surface area contributed by atoms with Crippen molar-refractivity contribution in [2.45, 2.75) is 45.8 Å². The van der Waals surface area contributed by atoms with Gasteiger partial charge >= 0.3 is 0 Å². The van der Waals surface area contributed by atoms with Gasteiger partial charge in [-0.3, -0.25) is 4.79 Å². The first-order valence-electron chi connectivity index (χ1n) is 5.50. The monoisotopic (exact) mass is 231 g/mol. The molecule has 0 aromatic carbocycles. The summed E-state index contributed by atoms with van der Waals surface area (Å²) in [5.74, 6) is 0.508. The van der Waals surface area contributed by atoms with Crippen LogP contribution < -0.4 is 5.32 Å². The van der Waals surface area contributed by atoms with Crippen LogP contribution in [0.4, 0.5) is 0 Å². The number of carbonyl (C=O) groups is 1. The quantitative estimate of drug-likeness (QED) is 0.771. The minimum absolute atomic E-state index is 0.152. The van der Waals surface area contributed by atoms with Gasteiger partial charge in [0, 0.05) is 17.2 Å². The molecule has 0 aliphatic carbocycles. The van der Waals surface area contributed by atoms with E-state index in [0.717, 1.165) is 19.4 Å². The Hall–Kier alpha value is -0.0600. The van der Waals surface area contributed by atoms with Gasteiger partial charge < -0.3 is 10.4 Å². The summed E-state index contributed by atoms with van der Waals surface area (Å²) in [6.07, 6.45) is 1.74. The first kappa shape index (κ1) is 13.0. The zero-order chi connectivity index (χ0) is 11.5. The van der Waals surface area contributed by atoms with Gasteiger partial charge in [0.15, 0.2) is 5.12 Å². The number of nitrogens with one attached hydrogen (secondary N) is 1. The summed E-state index contributed by atoms with van der Waals surface area (Å²) >= 11 is 1.25. The first-order valence-corrected chi connectivity index (χ1v) is 6.48. The van der Waals surface area contributed by atoms with Gasteiger partial charge in [-0.25, -0.2) is 0 Å². The van der Waals surface area contributed by atoms with Crippen LogP contribution in [-0.2, 0) is 4.79 Å². The van der Waals surface area contributed by atoms with Crippen molar-refractivity contribution in [2.24, 2.45) is 5.41 Å². The molecule has 0 spiro atoms. The molecule has 88 valence electrons. The van der Waals surface area contributed by atoms with E-state index in [2.05, 4.69) is 5.32 Å². The van der Waals surface area contributed by atoms with Crippen molar-refractivity contribution in [3.8, 4) is 0 Å². The van der Waals surface area contributed by atoms with E-state index in [1.807, 2.05) is 20.8 Å². The lowest BCUT2D eigenvalue weighted by Gasteiger charge is -2.20. The summed E-state index contributed by atoms with van der Waals surface area (Å²) in [4.78, 5) is 11.6. The van der Waals surface area contributed by atoms with E-state index in [1.165, 1.54) is 11.8 Å². The Morgan fingerprint density at radius 1 is 1.60 bits per heavy atom. The minimum atomic E-state index is -0.399. The lowest BCUT2D eigenvalue weighted by atomic mass is 10.00. The van der Waals surface area contributed by atoms with Crippen molar-refractivity contribution in [1.29, 1.82) is 0 Å². The molecule has 1 saturated heterocycles. The maximum Gasteiger partial charge on any atom is 0.194 e. The van der Waals surface area contributed by atoms with Crippen molar-refractivity contribution in [3.63, 3.8) is 0 Å². The van der Waals surface area contributed by atoms with E-state index >= 15 is 0 Å². The molecule has 1 aliphatic heterocycles. The number of rotatable bonds is 3. The van der Waals surface area contributed by atoms with Crippen LogP contribution in [-0.4, -0.2) is 34.7 Å². The Morgan fingerprint density at radius 3 is 2.73 bits per heavy atom. The Morgan fingerprint density at radius 2 is 2.27 bits per heavy atom. The highest BCUT2D eigenvalue weighted by molar-refractivity contribution is 8.13. The summed E-state index contributed by atoms with van der Waals surface area (Å²) in [7, 11) is 0. The van der Waals surface area contributed by atoms with Crippen LogP contribution in [0.5, 0.6) is 0 Å². The number of hydrogen-bond acceptors (Lipinski definition) is 4. The Balaban J connectivity index is 2.27. The molecule has 0 amide bonds. The van der Waals surface area contributed by atoms with Gasteiger partial charge in [-0.2, -0.15) is 0 Å². The molecule has 0 bridgehead atoms. The van der Waals surface area contributed by atoms with Crippen LogP contribution in [0.2, 0.25) is 0 Å². The van der Waals surface area contributed by atoms with Crippen molar-refractivity contribution in [2.75, 3.05) is 12.3 Å². The summed E-state index contributed by atoms with van der Waals surface area (Å²) in [5, 5.41) is 13.2. The van der Waals surface area contributed by atoms with E-state index in [9.17, 15) is 9.90 Å². The van der Waals surface area contributed by atoms with Crippen LogP contribution in [0, 0.1) is 5.41 Å². The van der Waals surface area contributed by atoms with Gasteiger partial charge in [-0.1, -0.05) is 32.5 Å². The SMILES string of the molecule is CC(C)(C)C(=O)SCC(O)[C@@H]1CCCN1. The maximum atomic E-state index is 11.6. The molecule has 0 saturated carbocycles. The summed E-state index contributed by atoms with van der Waals surface area (Å²) in [6.45, 7) is 6.70. The molecule has 1 heterocycles. The average molecular weight is 231 g/mol. The molecule has 1 fully saturated rings. The highest BCUT2D eigenvalue weighted by Crippen LogP contribution is 2.24. The molecule has 0 aromatic rings. The smallest absolute Gasteiger partial charge is 0.194 e. The zero-order valence-corrected chi connectivity index (χ0v) is 10.6. The molecule has 0 radical (unpaired) electrons. The second kappa shape index (κ2) is 5.32. The van der Waals surface area contributed by atoms with Crippen molar-refractivity contribution < 1.29 is 9.90 Å². The summed E-state index contributed by atoms with van der Waals surface area (Å²) in [6, 6.07) is 0.185. The molecule has 3 nitrogen and oxygen atoms in total. The molecule has 1 aliphatic rings. The van der Waals surface area contributed by atoms with Gasteiger partial charge in [0.1, 0.15) is 0 Å². The third-order valence-corrected chi connectivity index (χ3v) is 3.94. The zero-order valence-electron chi connectivity index (χ0n) is 9.75. The summed E-state index contributed by atoms with van der Waals surface area (Å²) in [5.41, 5.74) is -0.312. The van der Waals surface area contributed by atoms with Crippen LogP contribution in [0.3, 0.4) is 0 Å². The first-order chi connectivity index (χ1) is 6.91. The fourth-order valence-electron chi connectivity index (χ4n) is 1.53. The van der Waals surface area contributed by atoms with Gasteiger partial charge in [-0.05, 0) is 19.4 Å². The lowest BCUT2D eigenvalue weighted by molar-refractivity contribution is -0.117. The Kier molecular flexibility index (Phi) is 4.62. The van der Waals surface area contributed by atoms with E-state index in [-0.39, 0.29) is 16.6 Å². The average Bonchev–Trinajstić information content (AvgIpc) is 2.64. The third kappa shape index (κ3) is 4.13. The molecule has 1 unspecified atom stereocenters. The van der Waals surface area contributed by atoms with Crippen molar-refractivity contribution in [3.05, 3.63) is 0 Å². The van der Waals surface area contributed by atoms with Crippen molar-refractivity contribution >= 4 is 16.9 Å². The van der Waals surface area contributed by atoms with Crippen LogP contribution >= 0.6 is 11.8 Å². The number of hydrogen-bond donors (Lipinski definition) is 2. The molecule has 2 N–H and O–H groups in total. The lowest BCUT2D eigenvalue weighted by Crippen LogP contribution is -2.37. The molecular formula is C11H21NO2S. The highest BCUT2D eigenvalue weighted by atomic mass is 32.2. The molecule has 0 aromatic heterocycles. The molecule has 1 rings (SSSR count). The van der Waals surface area contributed by atoms with Gasteiger partial charge in [-0.15, -0.1) is 0 Å². The molecular weight excluding hydrogens is 210 g/mol. The second-order valence-corrected chi connectivity index (χ2v) is 6.11. The molecule has 2 atom stereocenters. The number of aliphatic hydroxyl groups excluding tert-OH is 1. The van der Waals surface area contributed by atoms with Crippen LogP contribution in [0.25, 0.3) is 0 Å². The van der Waals surface area contributed by atoms with Crippen molar-refractivity contribution in [1.82, 2.24) is 5.32 Å². The largest absolute Gasteiger partial charge is 0.391 e. The van der Waals surface area contributed by atoms with Gasteiger partial charge in [0.25, 0.3) is 0 Å². The minimum Gasteiger partial charge on any atom is -0.391 e. The number of thioether (sulfide) groups is 1. The van der Waals surface area contributed by atoms with Gasteiger partial charge in [0.2, 0.25) is 0 Å². The Bertz CT molecular complexity index is 219. The highest BCUT2D eigenvalue weighted by Gasteiger charge is 2.26. The van der Waals surface area contributed by atoms with Crippen LogP contribution in [0.1, 0.15) is 33.6 Å². The van der Waals surface area contributed by atoms with E-state index in [4.69, 9.17) is 0 Å². The maximum absolute atomic E-state index is 11.6. The third-order valence-electron chi connectivity index (χ3n) is 2.56. The fourth-order valence-corrected chi connectivity index (χ4v) is 2.52. The summed E-state index contributed by atoms with van der Waals surface area (Å²) < 4.78 is 0. The molecule has 15 heavy (non-hydrogen) atoms. The van der Waals surface area contributed by atoms with E-state index < -0.39 is 6.10 Å². The van der Waals surface area contributed by atoms with E-state index in [1.54, 1.807) is 0 Å². The van der Waals surface area contributed by atoms with Gasteiger partial charge in [0.05, 0.1) is 6.10 Å². The fraction of sp³-hybridized carbons (Fsp3) is 0.909. The predicted octanol–water partition coefficient (Wildman–Crippen LogP) is 1.41. The number of carbonyl (C=O) groups excluding carboxylic acids is 1. The molecule has 4 heteroatoms. The Labute approximate surface area is 96.0 Å². The standard InChI is InChI=1S/C11H21NO2S/c1-11(2,3)10(14)15-7-9(13)8-5-4-6-12-8/h8-9,12-13H,4-7H2,1-3H3/t8-,9?/m0/s1. The van der Waals surface area contributed by atoms with E-state index in [0.29, 0.717) is 5.75 Å². The van der Waals surface area contributed by atoms with Crippen LogP contribution in [0.15, 0.2) is 0 Å². The normalized spacial score (nSPS) is 24.1. The predicted molar refractivity (Wildman–Crippen MR) is 64.0 cm³/mol. The second-order valence-electron chi connectivity index (χ2n) is 5.12. The topological polar surface area (TPSA) is 49.3 Å². The number of aliphatic hydroxyl groups is 1.